The van der Waals surface area contributed by atoms with Gasteiger partial charge in [-0.1, -0.05) is 0 Å². The molecule has 5 N–H and O–H groups in total. The molecule has 0 heterocycles. The molecular weight excluding hydrogens is 222 g/mol. The zero-order valence-electron chi connectivity index (χ0n) is 7.72. The van der Waals surface area contributed by atoms with E-state index in [1.54, 1.807) is 0 Å². The fourth-order valence-corrected chi connectivity index (χ4v) is 2.11. The molecule has 0 amide bonds. The number of carboxylic acids is 1. The lowest BCUT2D eigenvalue weighted by Gasteiger charge is -2.09. The van der Waals surface area contributed by atoms with Gasteiger partial charge in [0.15, 0.2) is 5.96 Å². The van der Waals surface area contributed by atoms with Crippen LogP contribution in [-0.2, 0) is 4.79 Å². The Balaban J connectivity index is 3.62. The Kier molecular flexibility index (Phi) is 7.50. The number of carboxylic acid groups (broad SMARTS) is 1. The van der Waals surface area contributed by atoms with Crippen molar-refractivity contribution in [2.45, 2.75) is 11.7 Å². The van der Waals surface area contributed by atoms with Crippen LogP contribution in [0.3, 0.4) is 0 Å². The topological polar surface area (TPSA) is 102 Å². The molecule has 0 saturated carbocycles. The molecule has 14 heavy (non-hydrogen) atoms. The van der Waals surface area contributed by atoms with Gasteiger partial charge in [0.25, 0.3) is 0 Å². The van der Waals surface area contributed by atoms with Crippen molar-refractivity contribution in [2.24, 2.45) is 16.5 Å². The summed E-state index contributed by atoms with van der Waals surface area (Å²) in [5.74, 6) is 0.500. The lowest BCUT2D eigenvalue weighted by molar-refractivity contribution is -0.136. The first-order valence-electron chi connectivity index (χ1n) is 4.06. The second-order valence-corrected chi connectivity index (χ2v) is 4.35. The summed E-state index contributed by atoms with van der Waals surface area (Å²) in [4.78, 5) is 14.2. The Morgan fingerprint density at radius 1 is 1.57 bits per heavy atom. The zero-order valence-corrected chi connectivity index (χ0v) is 9.43. The lowest BCUT2D eigenvalue weighted by atomic mass is 10.3. The minimum absolute atomic E-state index is 0.0185. The summed E-state index contributed by atoms with van der Waals surface area (Å²) in [5.41, 5.74) is 10.3. The van der Waals surface area contributed by atoms with Gasteiger partial charge in [-0.15, -0.1) is 0 Å². The molecule has 5 nitrogen and oxygen atoms in total. The van der Waals surface area contributed by atoms with Crippen LogP contribution < -0.4 is 11.5 Å². The third-order valence-electron chi connectivity index (χ3n) is 1.35. The highest BCUT2D eigenvalue weighted by molar-refractivity contribution is 8.00. The van der Waals surface area contributed by atoms with Gasteiger partial charge in [-0.05, 0) is 0 Å². The predicted molar refractivity (Wildman–Crippen MR) is 63.0 cm³/mol. The van der Waals surface area contributed by atoms with Crippen LogP contribution in [0.1, 0.15) is 6.42 Å². The zero-order chi connectivity index (χ0) is 11.0. The summed E-state index contributed by atoms with van der Waals surface area (Å²) >= 11 is 5.58. The van der Waals surface area contributed by atoms with E-state index in [1.807, 2.05) is 0 Å². The summed E-state index contributed by atoms with van der Waals surface area (Å²) in [7, 11) is 0. The van der Waals surface area contributed by atoms with Crippen molar-refractivity contribution in [1.29, 1.82) is 0 Å². The van der Waals surface area contributed by atoms with Crippen LogP contribution in [0.4, 0.5) is 0 Å². The maximum atomic E-state index is 10.4. The van der Waals surface area contributed by atoms with E-state index in [9.17, 15) is 4.79 Å². The van der Waals surface area contributed by atoms with Crippen molar-refractivity contribution in [3.05, 3.63) is 0 Å². The molecule has 0 saturated heterocycles. The maximum absolute atomic E-state index is 10.4. The molecular formula is C7H15N3O2S2. The molecule has 1 unspecified atom stereocenters. The number of hydrogen-bond donors (Lipinski definition) is 4. The van der Waals surface area contributed by atoms with Crippen LogP contribution in [0, 0.1) is 0 Å². The first-order valence-corrected chi connectivity index (χ1v) is 5.74. The summed E-state index contributed by atoms with van der Waals surface area (Å²) in [6, 6.07) is 0. The Hall–Kier alpha value is -0.560. The largest absolute Gasteiger partial charge is 0.481 e. The van der Waals surface area contributed by atoms with Crippen LogP contribution in [0.25, 0.3) is 0 Å². The molecule has 82 valence electrons. The van der Waals surface area contributed by atoms with Crippen LogP contribution in [0.5, 0.6) is 0 Å². The molecule has 0 fully saturated rings. The molecule has 0 bridgehead atoms. The third kappa shape index (κ3) is 8.06. The summed E-state index contributed by atoms with van der Waals surface area (Å²) in [6.45, 7) is 0.511. The minimum Gasteiger partial charge on any atom is -0.481 e. The fraction of sp³-hybridized carbons (Fsp3) is 0.714. The molecule has 0 aliphatic heterocycles. The first-order chi connectivity index (χ1) is 6.56. The average Bonchev–Trinajstić information content (AvgIpc) is 2.09. The number of nitrogens with two attached hydrogens (primary N) is 2. The molecule has 0 aliphatic carbocycles. The highest BCUT2D eigenvalue weighted by Crippen LogP contribution is 2.15. The van der Waals surface area contributed by atoms with Gasteiger partial charge in [0.2, 0.25) is 0 Å². The van der Waals surface area contributed by atoms with Gasteiger partial charge < -0.3 is 16.6 Å². The second-order valence-electron chi connectivity index (χ2n) is 2.58. The number of rotatable bonds is 7. The van der Waals surface area contributed by atoms with Gasteiger partial charge in [0.05, 0.1) is 13.0 Å². The molecule has 7 heteroatoms. The molecule has 0 spiro atoms. The van der Waals surface area contributed by atoms with E-state index in [1.165, 1.54) is 11.8 Å². The maximum Gasteiger partial charge on any atom is 0.304 e. The third-order valence-corrected chi connectivity index (χ3v) is 3.26. The van der Waals surface area contributed by atoms with E-state index < -0.39 is 5.97 Å². The normalized spacial score (nSPS) is 12.1. The van der Waals surface area contributed by atoms with Gasteiger partial charge in [0, 0.05) is 16.8 Å². The SMILES string of the molecule is NC(N)=NCCSC(CS)CC(=O)O. The van der Waals surface area contributed by atoms with Crippen LogP contribution in [0.2, 0.25) is 0 Å². The highest BCUT2D eigenvalue weighted by atomic mass is 32.2. The minimum atomic E-state index is -0.807. The predicted octanol–water partition coefficient (Wildman–Crippen LogP) is -0.234. The smallest absolute Gasteiger partial charge is 0.304 e. The number of thiol groups is 1. The number of carbonyl (C=O) groups is 1. The van der Waals surface area contributed by atoms with E-state index in [0.29, 0.717) is 18.1 Å². The molecule has 0 radical (unpaired) electrons. The van der Waals surface area contributed by atoms with Crippen molar-refractivity contribution in [3.63, 3.8) is 0 Å². The Labute approximate surface area is 92.7 Å². The molecule has 0 aromatic rings. The second kappa shape index (κ2) is 7.81. The van der Waals surface area contributed by atoms with Gasteiger partial charge in [0.1, 0.15) is 0 Å². The van der Waals surface area contributed by atoms with E-state index >= 15 is 0 Å². The van der Waals surface area contributed by atoms with Gasteiger partial charge in [-0.2, -0.15) is 24.4 Å². The Morgan fingerprint density at radius 2 is 2.21 bits per heavy atom. The van der Waals surface area contributed by atoms with Crippen molar-refractivity contribution in [2.75, 3.05) is 18.1 Å². The van der Waals surface area contributed by atoms with E-state index in [4.69, 9.17) is 16.6 Å². The molecule has 0 aliphatic rings. The molecule has 0 aromatic heterocycles. The lowest BCUT2D eigenvalue weighted by Crippen LogP contribution is -2.23. The number of thioether (sulfide) groups is 1. The Bertz CT molecular complexity index is 207. The number of guanidine groups is 1. The van der Waals surface area contributed by atoms with Crippen LogP contribution in [-0.4, -0.2) is 40.3 Å². The van der Waals surface area contributed by atoms with Gasteiger partial charge in [-0.25, -0.2) is 0 Å². The highest BCUT2D eigenvalue weighted by Gasteiger charge is 2.11. The number of aliphatic carboxylic acids is 1. The molecule has 0 rings (SSSR count). The average molecular weight is 237 g/mol. The van der Waals surface area contributed by atoms with Crippen molar-refractivity contribution in [1.82, 2.24) is 0 Å². The van der Waals surface area contributed by atoms with E-state index in [0.717, 1.165) is 0 Å². The standard InChI is InChI=1S/C7H15N3O2S2/c8-7(9)10-1-2-14-5(4-13)3-6(11)12/h5,13H,1-4H2,(H,11,12)(H4,8,9,10). The van der Waals surface area contributed by atoms with Crippen LogP contribution in [0.15, 0.2) is 4.99 Å². The van der Waals surface area contributed by atoms with E-state index in [2.05, 4.69) is 17.6 Å². The molecule has 1 atom stereocenters. The summed E-state index contributed by atoms with van der Waals surface area (Å²) < 4.78 is 0. The molecule has 0 aromatic carbocycles. The van der Waals surface area contributed by atoms with Crippen molar-refractivity contribution >= 4 is 36.3 Å². The van der Waals surface area contributed by atoms with Gasteiger partial charge in [-0.3, -0.25) is 9.79 Å². The number of nitrogens with zero attached hydrogens (tertiary/aromatic N) is 1. The van der Waals surface area contributed by atoms with Crippen molar-refractivity contribution < 1.29 is 9.90 Å². The summed E-state index contributed by atoms with van der Waals surface area (Å²) in [6.07, 6.45) is 0.121. The fourth-order valence-electron chi connectivity index (χ4n) is 0.765. The Morgan fingerprint density at radius 3 is 2.64 bits per heavy atom. The number of aliphatic imine (C=N–C) groups is 1. The van der Waals surface area contributed by atoms with E-state index in [-0.39, 0.29) is 17.6 Å². The monoisotopic (exact) mass is 237 g/mol. The summed E-state index contributed by atoms with van der Waals surface area (Å²) in [5, 5.41) is 8.56. The number of hydrogen-bond acceptors (Lipinski definition) is 4. The first kappa shape index (κ1) is 13.4. The van der Waals surface area contributed by atoms with Crippen molar-refractivity contribution in [3.8, 4) is 0 Å². The quantitative estimate of drug-likeness (QED) is 0.212. The van der Waals surface area contributed by atoms with Gasteiger partial charge >= 0.3 is 5.97 Å². The van der Waals surface area contributed by atoms with Crippen LogP contribution >= 0.6 is 24.4 Å².